The van der Waals surface area contributed by atoms with Crippen molar-refractivity contribution in [3.05, 3.63) is 35.9 Å². The minimum atomic E-state index is -0.644. The van der Waals surface area contributed by atoms with Gasteiger partial charge < -0.3 is 5.11 Å². The SMILES string of the molecule is CC1(C)CC[C@H](C(=O)O)[C@H](c2ccccc2)C1. The van der Waals surface area contributed by atoms with E-state index in [4.69, 9.17) is 0 Å². The summed E-state index contributed by atoms with van der Waals surface area (Å²) < 4.78 is 0. The topological polar surface area (TPSA) is 37.3 Å². The Hall–Kier alpha value is -1.31. The molecule has 1 aromatic carbocycles. The van der Waals surface area contributed by atoms with Gasteiger partial charge in [-0.1, -0.05) is 44.2 Å². The van der Waals surface area contributed by atoms with Crippen molar-refractivity contribution in [1.82, 2.24) is 0 Å². The van der Waals surface area contributed by atoms with Crippen molar-refractivity contribution in [3.63, 3.8) is 0 Å². The largest absolute Gasteiger partial charge is 0.481 e. The van der Waals surface area contributed by atoms with Crippen LogP contribution in [-0.4, -0.2) is 11.1 Å². The molecule has 0 amide bonds. The van der Waals surface area contributed by atoms with Gasteiger partial charge in [0.2, 0.25) is 0 Å². The van der Waals surface area contributed by atoms with Gasteiger partial charge in [0.15, 0.2) is 0 Å². The highest BCUT2D eigenvalue weighted by Crippen LogP contribution is 2.46. The summed E-state index contributed by atoms with van der Waals surface area (Å²) in [6.07, 6.45) is 2.77. The van der Waals surface area contributed by atoms with Crippen LogP contribution in [0.15, 0.2) is 30.3 Å². The fraction of sp³-hybridized carbons (Fsp3) is 0.533. The number of carboxylic acids is 1. The van der Waals surface area contributed by atoms with Crippen LogP contribution in [0.5, 0.6) is 0 Å². The highest BCUT2D eigenvalue weighted by Gasteiger charge is 2.39. The summed E-state index contributed by atoms with van der Waals surface area (Å²) in [7, 11) is 0. The lowest BCUT2D eigenvalue weighted by Crippen LogP contribution is -2.32. The molecule has 0 unspecified atom stereocenters. The van der Waals surface area contributed by atoms with Crippen molar-refractivity contribution in [2.75, 3.05) is 0 Å². The molecule has 0 aliphatic heterocycles. The van der Waals surface area contributed by atoms with E-state index in [0.717, 1.165) is 19.3 Å². The van der Waals surface area contributed by atoms with Crippen LogP contribution >= 0.6 is 0 Å². The zero-order chi connectivity index (χ0) is 12.5. The van der Waals surface area contributed by atoms with Gasteiger partial charge in [-0.05, 0) is 36.2 Å². The first-order chi connectivity index (χ1) is 7.99. The van der Waals surface area contributed by atoms with Gasteiger partial charge in [-0.2, -0.15) is 0 Å². The van der Waals surface area contributed by atoms with E-state index in [2.05, 4.69) is 26.0 Å². The zero-order valence-electron chi connectivity index (χ0n) is 10.5. The van der Waals surface area contributed by atoms with Crippen LogP contribution in [0.1, 0.15) is 44.6 Å². The molecule has 2 atom stereocenters. The molecular weight excluding hydrogens is 212 g/mol. The Balaban J connectivity index is 2.29. The molecule has 0 spiro atoms. The van der Waals surface area contributed by atoms with E-state index in [1.807, 2.05) is 18.2 Å². The van der Waals surface area contributed by atoms with E-state index >= 15 is 0 Å². The number of aliphatic carboxylic acids is 1. The molecule has 1 N–H and O–H groups in total. The van der Waals surface area contributed by atoms with Gasteiger partial charge >= 0.3 is 5.97 Å². The zero-order valence-corrected chi connectivity index (χ0v) is 10.5. The second-order valence-electron chi connectivity index (χ2n) is 5.87. The Bertz CT molecular complexity index is 395. The minimum absolute atomic E-state index is 0.164. The summed E-state index contributed by atoms with van der Waals surface area (Å²) in [5.74, 6) is -0.697. The second kappa shape index (κ2) is 4.52. The molecule has 0 bridgehead atoms. The van der Waals surface area contributed by atoms with Crippen molar-refractivity contribution in [2.24, 2.45) is 11.3 Å². The van der Waals surface area contributed by atoms with Crippen molar-refractivity contribution < 1.29 is 9.90 Å². The average Bonchev–Trinajstić information content (AvgIpc) is 2.28. The lowest BCUT2D eigenvalue weighted by atomic mass is 9.65. The number of benzene rings is 1. The highest BCUT2D eigenvalue weighted by molar-refractivity contribution is 5.71. The van der Waals surface area contributed by atoms with Crippen LogP contribution in [-0.2, 0) is 4.79 Å². The van der Waals surface area contributed by atoms with Crippen molar-refractivity contribution in [2.45, 2.75) is 39.0 Å². The molecule has 92 valence electrons. The van der Waals surface area contributed by atoms with E-state index in [9.17, 15) is 9.90 Å². The molecule has 2 rings (SSSR count). The van der Waals surface area contributed by atoms with Gasteiger partial charge in [0, 0.05) is 0 Å². The van der Waals surface area contributed by atoms with Gasteiger partial charge in [-0.3, -0.25) is 4.79 Å². The van der Waals surface area contributed by atoms with E-state index in [0.29, 0.717) is 0 Å². The Kier molecular flexibility index (Phi) is 3.23. The molecule has 2 nitrogen and oxygen atoms in total. The molecule has 2 heteroatoms. The van der Waals surface area contributed by atoms with Crippen LogP contribution in [0.2, 0.25) is 0 Å². The average molecular weight is 232 g/mol. The fourth-order valence-electron chi connectivity index (χ4n) is 2.93. The standard InChI is InChI=1S/C15H20O2/c1-15(2)9-8-12(14(16)17)13(10-15)11-6-4-3-5-7-11/h3-7,12-13H,8-10H2,1-2H3,(H,16,17)/t12-,13-/m0/s1. The van der Waals surface area contributed by atoms with Crippen LogP contribution in [0.4, 0.5) is 0 Å². The maximum atomic E-state index is 11.3. The van der Waals surface area contributed by atoms with Gasteiger partial charge in [-0.25, -0.2) is 0 Å². The quantitative estimate of drug-likeness (QED) is 0.844. The lowest BCUT2D eigenvalue weighted by molar-refractivity contribution is -0.144. The number of carboxylic acid groups (broad SMARTS) is 1. The summed E-state index contributed by atoms with van der Waals surface area (Å²) in [6.45, 7) is 4.47. The van der Waals surface area contributed by atoms with E-state index in [1.165, 1.54) is 5.56 Å². The Morgan fingerprint density at radius 2 is 1.94 bits per heavy atom. The van der Waals surface area contributed by atoms with Gasteiger partial charge in [0.1, 0.15) is 0 Å². The number of hydrogen-bond donors (Lipinski definition) is 1. The summed E-state index contributed by atoms with van der Waals surface area (Å²) in [5.41, 5.74) is 1.43. The highest BCUT2D eigenvalue weighted by atomic mass is 16.4. The number of carbonyl (C=O) groups is 1. The first-order valence-electron chi connectivity index (χ1n) is 6.27. The first kappa shape index (κ1) is 12.2. The van der Waals surface area contributed by atoms with Gasteiger partial charge in [0.25, 0.3) is 0 Å². The van der Waals surface area contributed by atoms with Crippen molar-refractivity contribution >= 4 is 5.97 Å². The molecule has 17 heavy (non-hydrogen) atoms. The molecule has 1 aromatic rings. The molecule has 1 saturated carbocycles. The Morgan fingerprint density at radius 3 is 2.53 bits per heavy atom. The van der Waals surface area contributed by atoms with Crippen LogP contribution in [0.3, 0.4) is 0 Å². The van der Waals surface area contributed by atoms with E-state index in [-0.39, 0.29) is 17.3 Å². The van der Waals surface area contributed by atoms with Crippen LogP contribution in [0.25, 0.3) is 0 Å². The monoisotopic (exact) mass is 232 g/mol. The molecule has 1 aliphatic rings. The minimum Gasteiger partial charge on any atom is -0.481 e. The maximum absolute atomic E-state index is 11.3. The van der Waals surface area contributed by atoms with Crippen molar-refractivity contribution in [3.8, 4) is 0 Å². The third kappa shape index (κ3) is 2.68. The Labute approximate surface area is 103 Å². The smallest absolute Gasteiger partial charge is 0.307 e. The lowest BCUT2D eigenvalue weighted by Gasteiger charge is -2.39. The Morgan fingerprint density at radius 1 is 1.29 bits per heavy atom. The third-order valence-electron chi connectivity index (χ3n) is 3.94. The number of rotatable bonds is 2. The molecule has 0 aromatic heterocycles. The third-order valence-corrected chi connectivity index (χ3v) is 3.94. The van der Waals surface area contributed by atoms with Crippen LogP contribution in [0, 0.1) is 11.3 Å². The molecule has 1 aliphatic carbocycles. The molecule has 1 fully saturated rings. The first-order valence-corrected chi connectivity index (χ1v) is 6.27. The number of hydrogen-bond acceptors (Lipinski definition) is 1. The van der Waals surface area contributed by atoms with Crippen LogP contribution < -0.4 is 0 Å². The van der Waals surface area contributed by atoms with Gasteiger partial charge in [0.05, 0.1) is 5.92 Å². The molecule has 0 heterocycles. The summed E-state index contributed by atoms with van der Waals surface area (Å²) in [4.78, 5) is 11.3. The molecule has 0 radical (unpaired) electrons. The van der Waals surface area contributed by atoms with E-state index < -0.39 is 5.97 Å². The fourth-order valence-corrected chi connectivity index (χ4v) is 2.93. The normalized spacial score (nSPS) is 27.6. The molecular formula is C15H20O2. The summed E-state index contributed by atoms with van der Waals surface area (Å²) in [6, 6.07) is 10.1. The predicted octanol–water partition coefficient (Wildman–Crippen LogP) is 3.68. The maximum Gasteiger partial charge on any atom is 0.307 e. The molecule has 0 saturated heterocycles. The summed E-state index contributed by atoms with van der Waals surface area (Å²) >= 11 is 0. The predicted molar refractivity (Wildman–Crippen MR) is 67.9 cm³/mol. The van der Waals surface area contributed by atoms with Gasteiger partial charge in [-0.15, -0.1) is 0 Å². The van der Waals surface area contributed by atoms with Crippen molar-refractivity contribution in [1.29, 1.82) is 0 Å². The second-order valence-corrected chi connectivity index (χ2v) is 5.87. The summed E-state index contributed by atoms with van der Waals surface area (Å²) in [5, 5.41) is 9.34. The van der Waals surface area contributed by atoms with E-state index in [1.54, 1.807) is 0 Å².